The Balaban J connectivity index is 1.96. The number of esters is 1. The number of primary amides is 1. The molecule has 1 atom stereocenters. The lowest BCUT2D eigenvalue weighted by Gasteiger charge is -2.11. The van der Waals surface area contributed by atoms with E-state index in [0.29, 0.717) is 11.6 Å². The lowest BCUT2D eigenvalue weighted by Crippen LogP contribution is -2.42. The highest BCUT2D eigenvalue weighted by atomic mass is 32.1. The molecule has 0 bridgehead atoms. The topological polar surface area (TPSA) is 111 Å². The van der Waals surface area contributed by atoms with E-state index in [1.54, 1.807) is 5.38 Å². The van der Waals surface area contributed by atoms with Gasteiger partial charge < -0.3 is 10.5 Å². The van der Waals surface area contributed by atoms with Gasteiger partial charge in [0.05, 0.1) is 12.1 Å². The van der Waals surface area contributed by atoms with Crippen LogP contribution in [0.3, 0.4) is 0 Å². The number of nitrogens with two attached hydrogens (primary N) is 1. The van der Waals surface area contributed by atoms with Crippen molar-refractivity contribution >= 4 is 29.2 Å². The SMILES string of the molecule is CC(C)c1ccc(-c2nc(CC(=O)O[C@@H](C)C(=O)NC(N)=O)cs2)cc1. The number of imide groups is 1. The molecule has 138 valence electrons. The lowest BCUT2D eigenvalue weighted by molar-refractivity contribution is -0.153. The van der Waals surface area contributed by atoms with Gasteiger partial charge in [-0.15, -0.1) is 11.3 Å². The van der Waals surface area contributed by atoms with Crippen LogP contribution in [0.2, 0.25) is 0 Å². The summed E-state index contributed by atoms with van der Waals surface area (Å²) in [5, 5.41) is 4.45. The van der Waals surface area contributed by atoms with E-state index >= 15 is 0 Å². The van der Waals surface area contributed by atoms with Crippen molar-refractivity contribution < 1.29 is 19.1 Å². The van der Waals surface area contributed by atoms with Crippen molar-refractivity contribution in [2.24, 2.45) is 5.73 Å². The Morgan fingerprint density at radius 2 is 1.85 bits per heavy atom. The third-order valence-electron chi connectivity index (χ3n) is 3.63. The van der Waals surface area contributed by atoms with Crippen molar-refractivity contribution in [2.45, 2.75) is 39.2 Å². The predicted octanol–water partition coefficient (Wildman–Crippen LogP) is 2.60. The van der Waals surface area contributed by atoms with Crippen LogP contribution in [0, 0.1) is 0 Å². The second-order valence-corrected chi connectivity index (χ2v) is 6.94. The summed E-state index contributed by atoms with van der Waals surface area (Å²) in [5.74, 6) is -0.918. The van der Waals surface area contributed by atoms with E-state index < -0.39 is 24.0 Å². The zero-order valence-electron chi connectivity index (χ0n) is 14.8. The number of thiazole rings is 1. The molecule has 0 fully saturated rings. The molecule has 1 heterocycles. The maximum absolute atomic E-state index is 11.9. The van der Waals surface area contributed by atoms with Gasteiger partial charge in [-0.25, -0.2) is 9.78 Å². The molecule has 0 unspecified atom stereocenters. The highest BCUT2D eigenvalue weighted by Crippen LogP contribution is 2.26. The molecule has 0 aliphatic rings. The second kappa shape index (κ2) is 8.57. The molecule has 0 radical (unpaired) electrons. The quantitative estimate of drug-likeness (QED) is 0.754. The van der Waals surface area contributed by atoms with Crippen LogP contribution in [0.4, 0.5) is 4.79 Å². The van der Waals surface area contributed by atoms with E-state index in [1.807, 2.05) is 17.4 Å². The molecule has 26 heavy (non-hydrogen) atoms. The van der Waals surface area contributed by atoms with Crippen LogP contribution in [-0.2, 0) is 20.7 Å². The van der Waals surface area contributed by atoms with Gasteiger partial charge in [-0.05, 0) is 18.4 Å². The molecule has 3 amide bonds. The number of nitrogens with one attached hydrogen (secondary N) is 1. The van der Waals surface area contributed by atoms with E-state index in [-0.39, 0.29) is 6.42 Å². The largest absolute Gasteiger partial charge is 0.452 e. The molecular formula is C18H21N3O4S. The van der Waals surface area contributed by atoms with Crippen LogP contribution < -0.4 is 11.1 Å². The summed E-state index contributed by atoms with van der Waals surface area (Å²) in [6.07, 6.45) is -1.17. The number of hydrogen-bond donors (Lipinski definition) is 2. The van der Waals surface area contributed by atoms with Crippen LogP contribution >= 0.6 is 11.3 Å². The molecule has 0 saturated carbocycles. The Kier molecular flexibility index (Phi) is 6.46. The van der Waals surface area contributed by atoms with Crippen molar-refractivity contribution in [1.82, 2.24) is 10.3 Å². The van der Waals surface area contributed by atoms with E-state index in [1.165, 1.54) is 23.8 Å². The highest BCUT2D eigenvalue weighted by molar-refractivity contribution is 7.13. The molecule has 8 heteroatoms. The van der Waals surface area contributed by atoms with Crippen LogP contribution in [0.15, 0.2) is 29.6 Å². The zero-order valence-corrected chi connectivity index (χ0v) is 15.6. The fourth-order valence-corrected chi connectivity index (χ4v) is 3.02. The minimum atomic E-state index is -1.11. The normalized spacial score (nSPS) is 11.8. The minimum absolute atomic E-state index is 0.0607. The first-order chi connectivity index (χ1) is 12.3. The maximum Gasteiger partial charge on any atom is 0.318 e. The number of benzene rings is 1. The van der Waals surface area contributed by atoms with Gasteiger partial charge in [0.25, 0.3) is 5.91 Å². The summed E-state index contributed by atoms with van der Waals surface area (Å²) in [5.41, 5.74) is 7.64. The van der Waals surface area contributed by atoms with Gasteiger partial charge in [-0.1, -0.05) is 38.1 Å². The van der Waals surface area contributed by atoms with Crippen LogP contribution in [0.25, 0.3) is 10.6 Å². The van der Waals surface area contributed by atoms with E-state index in [0.717, 1.165) is 10.6 Å². The van der Waals surface area contributed by atoms with E-state index in [2.05, 4.69) is 31.0 Å². The number of ether oxygens (including phenoxy) is 1. The van der Waals surface area contributed by atoms with Crippen molar-refractivity contribution in [3.8, 4) is 10.6 Å². The summed E-state index contributed by atoms with van der Waals surface area (Å²) in [7, 11) is 0. The number of hydrogen-bond acceptors (Lipinski definition) is 6. The predicted molar refractivity (Wildman–Crippen MR) is 98.6 cm³/mol. The zero-order chi connectivity index (χ0) is 19.3. The molecule has 0 spiro atoms. The summed E-state index contributed by atoms with van der Waals surface area (Å²) in [6, 6.07) is 7.15. The van der Waals surface area contributed by atoms with Gasteiger partial charge in [-0.2, -0.15) is 0 Å². The first kappa shape index (κ1) is 19.6. The lowest BCUT2D eigenvalue weighted by atomic mass is 10.0. The highest BCUT2D eigenvalue weighted by Gasteiger charge is 2.20. The summed E-state index contributed by atoms with van der Waals surface area (Å²) >= 11 is 1.43. The van der Waals surface area contributed by atoms with Gasteiger partial charge in [0.15, 0.2) is 6.10 Å². The summed E-state index contributed by atoms with van der Waals surface area (Å²) in [4.78, 5) is 38.5. The smallest absolute Gasteiger partial charge is 0.318 e. The van der Waals surface area contributed by atoms with Crippen molar-refractivity contribution in [3.63, 3.8) is 0 Å². The average Bonchev–Trinajstić information content (AvgIpc) is 3.02. The molecule has 3 N–H and O–H groups in total. The first-order valence-corrected chi connectivity index (χ1v) is 8.98. The fourth-order valence-electron chi connectivity index (χ4n) is 2.19. The molecule has 0 saturated heterocycles. The molecular weight excluding hydrogens is 354 g/mol. The molecule has 7 nitrogen and oxygen atoms in total. The van der Waals surface area contributed by atoms with E-state index in [9.17, 15) is 14.4 Å². The Morgan fingerprint density at radius 3 is 2.42 bits per heavy atom. The average molecular weight is 375 g/mol. The summed E-state index contributed by atoms with van der Waals surface area (Å²) in [6.45, 7) is 5.62. The van der Waals surface area contributed by atoms with Crippen LogP contribution in [0.1, 0.15) is 37.9 Å². The van der Waals surface area contributed by atoms with Gasteiger partial charge in [0.1, 0.15) is 5.01 Å². The molecule has 2 aromatic rings. The molecule has 1 aromatic carbocycles. The van der Waals surface area contributed by atoms with Crippen molar-refractivity contribution in [3.05, 3.63) is 40.9 Å². The molecule has 2 rings (SSSR count). The Morgan fingerprint density at radius 1 is 1.19 bits per heavy atom. The number of carbonyl (C=O) groups excluding carboxylic acids is 3. The number of urea groups is 1. The van der Waals surface area contributed by atoms with Crippen molar-refractivity contribution in [1.29, 1.82) is 0 Å². The van der Waals surface area contributed by atoms with Gasteiger partial charge >= 0.3 is 12.0 Å². The minimum Gasteiger partial charge on any atom is -0.452 e. The third-order valence-corrected chi connectivity index (χ3v) is 4.57. The molecule has 0 aliphatic carbocycles. The maximum atomic E-state index is 11.9. The number of aromatic nitrogens is 1. The number of rotatable bonds is 6. The third kappa shape index (κ3) is 5.38. The Hall–Kier alpha value is -2.74. The molecule has 0 aliphatic heterocycles. The fraction of sp³-hybridized carbons (Fsp3) is 0.333. The Labute approximate surface area is 155 Å². The number of nitrogens with zero attached hydrogens (tertiary/aromatic N) is 1. The van der Waals surface area contributed by atoms with Gasteiger partial charge in [0.2, 0.25) is 0 Å². The van der Waals surface area contributed by atoms with Crippen molar-refractivity contribution in [2.75, 3.05) is 0 Å². The molecule has 1 aromatic heterocycles. The standard InChI is InChI=1S/C18H21N3O4S/c1-10(2)12-4-6-13(7-5-12)17-20-14(9-26-17)8-15(22)25-11(3)16(23)21-18(19)24/h4-7,9-11H,8H2,1-3H3,(H3,19,21,23,24)/t11-/m0/s1. The van der Waals surface area contributed by atoms with Gasteiger partial charge in [0, 0.05) is 10.9 Å². The first-order valence-electron chi connectivity index (χ1n) is 8.10. The summed E-state index contributed by atoms with van der Waals surface area (Å²) < 4.78 is 4.98. The van der Waals surface area contributed by atoms with Gasteiger partial charge in [-0.3, -0.25) is 14.9 Å². The number of carbonyl (C=O) groups is 3. The number of amides is 3. The van der Waals surface area contributed by atoms with Crippen LogP contribution in [0.5, 0.6) is 0 Å². The van der Waals surface area contributed by atoms with E-state index in [4.69, 9.17) is 10.5 Å². The second-order valence-electron chi connectivity index (χ2n) is 6.08. The van der Waals surface area contributed by atoms with Crippen LogP contribution in [-0.4, -0.2) is 29.0 Å². The Bertz CT molecular complexity index is 799. The monoisotopic (exact) mass is 375 g/mol.